The van der Waals surface area contributed by atoms with Crippen LogP contribution in [0.5, 0.6) is 5.75 Å². The molecule has 0 aliphatic heterocycles. The molecule has 0 aliphatic carbocycles. The van der Waals surface area contributed by atoms with E-state index < -0.39 is 0 Å². The van der Waals surface area contributed by atoms with Gasteiger partial charge in [0.05, 0.1) is 30.7 Å². The van der Waals surface area contributed by atoms with Crippen molar-refractivity contribution in [2.24, 2.45) is 0 Å². The SMILES string of the molecule is CCOCc1ccccc1Cn1c(=N)n(CC(=O)c2cc(C(C)(C)C)c(O)c(C(C)(C)C)c2)c2ccccc21. The Morgan fingerprint density at radius 3 is 1.90 bits per heavy atom. The zero-order valence-electron chi connectivity index (χ0n) is 24.3. The molecule has 6 nitrogen and oxygen atoms in total. The van der Waals surface area contributed by atoms with E-state index >= 15 is 0 Å². The largest absolute Gasteiger partial charge is 0.507 e. The lowest BCUT2D eigenvalue weighted by Crippen LogP contribution is -2.28. The summed E-state index contributed by atoms with van der Waals surface area (Å²) in [7, 11) is 0. The van der Waals surface area contributed by atoms with Crippen molar-refractivity contribution in [3.05, 3.63) is 94.1 Å². The number of Topliss-reactive ketones (excluding diaryl/α,β-unsaturated/α-hetero) is 1. The molecule has 0 radical (unpaired) electrons. The molecule has 0 atom stereocenters. The van der Waals surface area contributed by atoms with Gasteiger partial charge in [-0.1, -0.05) is 77.9 Å². The molecule has 0 fully saturated rings. The van der Waals surface area contributed by atoms with Gasteiger partial charge in [-0.15, -0.1) is 0 Å². The summed E-state index contributed by atoms with van der Waals surface area (Å²) >= 11 is 0. The Balaban J connectivity index is 1.78. The zero-order valence-corrected chi connectivity index (χ0v) is 24.3. The van der Waals surface area contributed by atoms with Crippen molar-refractivity contribution < 1.29 is 14.6 Å². The van der Waals surface area contributed by atoms with Gasteiger partial charge in [-0.2, -0.15) is 0 Å². The Morgan fingerprint density at radius 1 is 0.846 bits per heavy atom. The predicted octanol–water partition coefficient (Wildman–Crippen LogP) is 6.69. The average Bonchev–Trinajstić information content (AvgIpc) is 3.12. The van der Waals surface area contributed by atoms with Gasteiger partial charge >= 0.3 is 0 Å². The molecule has 3 aromatic carbocycles. The number of nitrogens with one attached hydrogen (secondary N) is 1. The molecule has 1 aromatic heterocycles. The first-order chi connectivity index (χ1) is 18.3. The Labute approximate surface area is 231 Å². The van der Waals surface area contributed by atoms with Crippen LogP contribution in [0.1, 0.15) is 81.1 Å². The molecule has 0 unspecified atom stereocenters. The Bertz CT molecular complexity index is 1530. The van der Waals surface area contributed by atoms with Gasteiger partial charge in [-0.25, -0.2) is 0 Å². The van der Waals surface area contributed by atoms with Gasteiger partial charge in [0.1, 0.15) is 5.75 Å². The van der Waals surface area contributed by atoms with Crippen molar-refractivity contribution in [3.8, 4) is 5.75 Å². The molecular formula is C33H41N3O3. The molecule has 206 valence electrons. The fourth-order valence-corrected chi connectivity index (χ4v) is 5.02. The van der Waals surface area contributed by atoms with Crippen LogP contribution in [-0.4, -0.2) is 26.6 Å². The minimum atomic E-state index is -0.334. The van der Waals surface area contributed by atoms with Gasteiger partial charge in [-0.3, -0.25) is 10.2 Å². The molecule has 0 aliphatic rings. The summed E-state index contributed by atoms with van der Waals surface area (Å²) in [5.41, 5.74) is 5.56. The summed E-state index contributed by atoms with van der Waals surface area (Å²) in [5.74, 6) is 0.159. The summed E-state index contributed by atoms with van der Waals surface area (Å²) in [6.45, 7) is 15.9. The topological polar surface area (TPSA) is 80.2 Å². The summed E-state index contributed by atoms with van der Waals surface area (Å²) in [6.07, 6.45) is 0. The molecule has 0 saturated carbocycles. The predicted molar refractivity (Wildman–Crippen MR) is 156 cm³/mol. The normalized spacial score (nSPS) is 12.3. The highest BCUT2D eigenvalue weighted by Gasteiger charge is 2.28. The standard InChI is InChI=1S/C33H41N3O3/c1-8-39-21-23-14-10-9-13-22(23)19-35-27-15-11-12-16-28(27)36(31(35)34)20-29(37)24-17-25(32(2,3)4)30(38)26(18-24)33(5,6)7/h9-18,34,38H,8,19-21H2,1-7H3. The zero-order chi connectivity index (χ0) is 28.5. The number of hydrogen-bond acceptors (Lipinski definition) is 4. The number of imidazole rings is 1. The molecular weight excluding hydrogens is 486 g/mol. The maximum absolute atomic E-state index is 13.8. The molecule has 1 heterocycles. The highest BCUT2D eigenvalue weighted by molar-refractivity contribution is 5.97. The van der Waals surface area contributed by atoms with Crippen LogP contribution < -0.4 is 5.62 Å². The molecule has 2 N–H and O–H groups in total. The Morgan fingerprint density at radius 2 is 1.36 bits per heavy atom. The van der Waals surface area contributed by atoms with Crippen molar-refractivity contribution in [3.63, 3.8) is 0 Å². The number of para-hydroxylation sites is 2. The van der Waals surface area contributed by atoms with Gasteiger partial charge in [0.15, 0.2) is 5.78 Å². The Hall–Kier alpha value is -3.64. The van der Waals surface area contributed by atoms with E-state index in [9.17, 15) is 9.90 Å². The number of benzene rings is 3. The maximum atomic E-state index is 13.8. The highest BCUT2D eigenvalue weighted by atomic mass is 16.5. The number of hydrogen-bond donors (Lipinski definition) is 2. The number of phenolic OH excluding ortho intramolecular Hbond substituents is 1. The van der Waals surface area contributed by atoms with E-state index in [1.54, 1.807) is 4.57 Å². The van der Waals surface area contributed by atoms with Gasteiger partial charge in [-0.05, 0) is 53.1 Å². The molecule has 0 spiro atoms. The summed E-state index contributed by atoms with van der Waals surface area (Å²) in [5, 5.41) is 20.2. The molecule has 0 bridgehead atoms. The van der Waals surface area contributed by atoms with Gasteiger partial charge < -0.3 is 19.0 Å². The molecule has 6 heteroatoms. The second kappa shape index (κ2) is 10.9. The first kappa shape index (κ1) is 28.4. The minimum absolute atomic E-state index is 0.0326. The van der Waals surface area contributed by atoms with E-state index in [0.717, 1.165) is 33.3 Å². The fraction of sp³-hybridized carbons (Fsp3) is 0.394. The third-order valence-electron chi connectivity index (χ3n) is 7.23. The number of nitrogens with zero attached hydrogens (tertiary/aromatic N) is 2. The van der Waals surface area contributed by atoms with E-state index in [0.29, 0.717) is 25.3 Å². The van der Waals surface area contributed by atoms with Crippen molar-refractivity contribution in [1.82, 2.24) is 9.13 Å². The molecule has 0 saturated heterocycles. The number of phenols is 1. The van der Waals surface area contributed by atoms with E-state index in [4.69, 9.17) is 10.1 Å². The summed E-state index contributed by atoms with van der Waals surface area (Å²) in [6, 6.07) is 19.6. The molecule has 4 aromatic rings. The average molecular weight is 528 g/mol. The van der Waals surface area contributed by atoms with Crippen molar-refractivity contribution in [1.29, 1.82) is 5.41 Å². The van der Waals surface area contributed by atoms with Gasteiger partial charge in [0, 0.05) is 23.3 Å². The van der Waals surface area contributed by atoms with Crippen LogP contribution >= 0.6 is 0 Å². The summed E-state index contributed by atoms with van der Waals surface area (Å²) in [4.78, 5) is 13.8. The van der Waals surface area contributed by atoms with Crippen molar-refractivity contribution >= 4 is 16.8 Å². The fourth-order valence-electron chi connectivity index (χ4n) is 5.02. The lowest BCUT2D eigenvalue weighted by Gasteiger charge is -2.28. The van der Waals surface area contributed by atoms with Crippen LogP contribution in [0.15, 0.2) is 60.7 Å². The second-order valence-electron chi connectivity index (χ2n) is 12.2. The van der Waals surface area contributed by atoms with Crippen molar-refractivity contribution in [2.75, 3.05) is 6.61 Å². The smallest absolute Gasteiger partial charge is 0.203 e. The first-order valence-corrected chi connectivity index (χ1v) is 13.6. The van der Waals surface area contributed by atoms with Crippen LogP contribution in [0, 0.1) is 5.41 Å². The molecule has 4 rings (SSSR count). The number of carbonyl (C=O) groups excluding carboxylic acids is 1. The summed E-state index contributed by atoms with van der Waals surface area (Å²) < 4.78 is 9.40. The van der Waals surface area contributed by atoms with E-state index in [-0.39, 0.29) is 34.5 Å². The second-order valence-corrected chi connectivity index (χ2v) is 12.2. The van der Waals surface area contributed by atoms with Crippen LogP contribution in [0.3, 0.4) is 0 Å². The first-order valence-electron chi connectivity index (χ1n) is 13.6. The number of aromatic nitrogens is 2. The monoisotopic (exact) mass is 527 g/mol. The van der Waals surface area contributed by atoms with Crippen LogP contribution in [0.4, 0.5) is 0 Å². The van der Waals surface area contributed by atoms with E-state index in [1.165, 1.54) is 0 Å². The number of ketones is 1. The van der Waals surface area contributed by atoms with Gasteiger partial charge in [0.2, 0.25) is 5.62 Å². The quantitative estimate of drug-likeness (QED) is 0.251. The maximum Gasteiger partial charge on any atom is 0.203 e. The Kier molecular flexibility index (Phi) is 7.89. The highest BCUT2D eigenvalue weighted by Crippen LogP contribution is 2.40. The van der Waals surface area contributed by atoms with Crippen LogP contribution in [0.2, 0.25) is 0 Å². The van der Waals surface area contributed by atoms with Crippen LogP contribution in [0.25, 0.3) is 11.0 Å². The number of carbonyl (C=O) groups is 1. The molecule has 39 heavy (non-hydrogen) atoms. The third kappa shape index (κ3) is 5.86. The van der Waals surface area contributed by atoms with Crippen LogP contribution in [-0.2, 0) is 35.3 Å². The third-order valence-corrected chi connectivity index (χ3v) is 7.23. The van der Waals surface area contributed by atoms with E-state index in [2.05, 4.69) is 12.1 Å². The lowest BCUT2D eigenvalue weighted by molar-refractivity contribution is 0.0971. The number of fused-ring (bicyclic) bond motifs is 1. The van der Waals surface area contributed by atoms with Gasteiger partial charge in [0.25, 0.3) is 0 Å². The molecule has 0 amide bonds. The minimum Gasteiger partial charge on any atom is -0.507 e. The lowest BCUT2D eigenvalue weighted by atomic mass is 9.78. The van der Waals surface area contributed by atoms with E-state index in [1.807, 2.05) is 102 Å². The number of rotatable bonds is 8. The van der Waals surface area contributed by atoms with Crippen molar-refractivity contribution in [2.45, 2.75) is 79.0 Å². The number of aromatic hydroxyl groups is 1. The number of ether oxygens (including phenoxy) is 1.